The molecule has 2 N–H and O–H groups in total. The molecule has 7 nitrogen and oxygen atoms in total. The van der Waals surface area contributed by atoms with E-state index in [0.717, 1.165) is 48.1 Å². The molecule has 1 saturated carbocycles. The summed E-state index contributed by atoms with van der Waals surface area (Å²) in [4.78, 5) is 26.2. The molecule has 3 aromatic rings. The van der Waals surface area contributed by atoms with Gasteiger partial charge in [-0.1, -0.05) is 18.2 Å². The van der Waals surface area contributed by atoms with Gasteiger partial charge < -0.3 is 20.4 Å². The van der Waals surface area contributed by atoms with Crippen molar-refractivity contribution in [2.45, 2.75) is 37.8 Å². The molecule has 168 valence electrons. The summed E-state index contributed by atoms with van der Waals surface area (Å²) >= 11 is 0. The highest BCUT2D eigenvalue weighted by Crippen LogP contribution is 2.26. The molecule has 4 rings (SSSR count). The lowest BCUT2D eigenvalue weighted by molar-refractivity contribution is 0.0926. The fourth-order valence-corrected chi connectivity index (χ4v) is 4.22. The minimum atomic E-state index is -0.00130. The van der Waals surface area contributed by atoms with E-state index >= 15 is 0 Å². The summed E-state index contributed by atoms with van der Waals surface area (Å²) < 4.78 is 0. The predicted molar refractivity (Wildman–Crippen MR) is 132 cm³/mol. The first-order valence-corrected chi connectivity index (χ1v) is 11.2. The number of nitrogens with one attached hydrogen (secondary N) is 2. The first-order chi connectivity index (χ1) is 15.4. The molecule has 1 aliphatic rings. The van der Waals surface area contributed by atoms with E-state index in [1.54, 1.807) is 0 Å². The third-order valence-corrected chi connectivity index (χ3v) is 6.03. The van der Waals surface area contributed by atoms with Gasteiger partial charge in [-0.15, -0.1) is 0 Å². The molecule has 2 aromatic carbocycles. The Morgan fingerprint density at radius 1 is 0.875 bits per heavy atom. The van der Waals surface area contributed by atoms with Gasteiger partial charge in [0.15, 0.2) is 0 Å². The molecule has 0 aliphatic heterocycles. The molecule has 0 radical (unpaired) electrons. The molecule has 1 amide bonds. The van der Waals surface area contributed by atoms with E-state index in [2.05, 4.69) is 16.7 Å². The fraction of sp³-hybridized carbons (Fsp3) is 0.400. The van der Waals surface area contributed by atoms with Crippen LogP contribution in [0.1, 0.15) is 36.0 Å². The average molecular weight is 433 g/mol. The number of nitrogens with zero attached hydrogens (tertiary/aromatic N) is 4. The van der Waals surface area contributed by atoms with Crippen molar-refractivity contribution < 1.29 is 4.79 Å². The van der Waals surface area contributed by atoms with E-state index in [4.69, 9.17) is 9.97 Å². The van der Waals surface area contributed by atoms with Crippen molar-refractivity contribution in [2.75, 3.05) is 43.3 Å². The number of aromatic nitrogens is 2. The second-order valence-corrected chi connectivity index (χ2v) is 8.89. The van der Waals surface area contributed by atoms with E-state index < -0.39 is 0 Å². The van der Waals surface area contributed by atoms with Crippen LogP contribution in [0.3, 0.4) is 0 Å². The summed E-state index contributed by atoms with van der Waals surface area (Å²) in [6, 6.07) is 16.3. The summed E-state index contributed by atoms with van der Waals surface area (Å²) in [7, 11) is 7.96. The Morgan fingerprint density at radius 3 is 2.31 bits per heavy atom. The van der Waals surface area contributed by atoms with Crippen molar-refractivity contribution in [2.24, 2.45) is 0 Å². The molecule has 0 atom stereocenters. The smallest absolute Gasteiger partial charge is 0.251 e. The van der Waals surface area contributed by atoms with Crippen LogP contribution in [-0.4, -0.2) is 56.1 Å². The molecule has 0 spiro atoms. The standard InChI is InChI=1S/C25H32N6O/c1-30(2)20-9-7-8-17(16-20)24(32)26-18-12-14-19(15-13-18)27-25-28-22-11-6-5-10-21(22)23(29-25)31(3)4/h5-11,16,18-19H,12-15H2,1-4H3,(H,26,32)(H,27,28,29)/t18-,19+. The predicted octanol–water partition coefficient (Wildman–Crippen LogP) is 3.91. The van der Waals surface area contributed by atoms with Gasteiger partial charge in [0, 0.05) is 56.9 Å². The van der Waals surface area contributed by atoms with Crippen LogP contribution in [0.4, 0.5) is 17.5 Å². The maximum absolute atomic E-state index is 12.7. The van der Waals surface area contributed by atoms with Gasteiger partial charge in [0.2, 0.25) is 5.95 Å². The van der Waals surface area contributed by atoms with Crippen molar-refractivity contribution in [3.8, 4) is 0 Å². The maximum atomic E-state index is 12.7. The zero-order valence-electron chi connectivity index (χ0n) is 19.3. The van der Waals surface area contributed by atoms with Crippen LogP contribution < -0.4 is 20.4 Å². The quantitative estimate of drug-likeness (QED) is 0.615. The summed E-state index contributed by atoms with van der Waals surface area (Å²) in [5.74, 6) is 1.58. The molecule has 1 fully saturated rings. The summed E-state index contributed by atoms with van der Waals surface area (Å²) in [6.45, 7) is 0. The Labute approximate surface area is 189 Å². The summed E-state index contributed by atoms with van der Waals surface area (Å²) in [6.07, 6.45) is 3.81. The number of anilines is 3. The average Bonchev–Trinajstić information content (AvgIpc) is 2.79. The van der Waals surface area contributed by atoms with Gasteiger partial charge in [-0.2, -0.15) is 4.98 Å². The Kier molecular flexibility index (Phi) is 6.44. The highest BCUT2D eigenvalue weighted by Gasteiger charge is 2.24. The Balaban J connectivity index is 1.36. The van der Waals surface area contributed by atoms with Crippen LogP contribution in [0.2, 0.25) is 0 Å². The normalized spacial score (nSPS) is 18.2. The van der Waals surface area contributed by atoms with Crippen LogP contribution in [0.5, 0.6) is 0 Å². The van der Waals surface area contributed by atoms with Gasteiger partial charge in [0.1, 0.15) is 5.82 Å². The third-order valence-electron chi connectivity index (χ3n) is 6.03. The van der Waals surface area contributed by atoms with Gasteiger partial charge in [-0.25, -0.2) is 4.98 Å². The maximum Gasteiger partial charge on any atom is 0.251 e. The second kappa shape index (κ2) is 9.42. The molecule has 7 heteroatoms. The van der Waals surface area contributed by atoms with Gasteiger partial charge in [-0.3, -0.25) is 4.79 Å². The summed E-state index contributed by atoms with van der Waals surface area (Å²) in [5.41, 5.74) is 2.67. The molecule has 0 bridgehead atoms. The lowest BCUT2D eigenvalue weighted by Gasteiger charge is -2.30. The van der Waals surface area contributed by atoms with Crippen molar-refractivity contribution >= 4 is 34.3 Å². The van der Waals surface area contributed by atoms with E-state index in [1.807, 2.05) is 80.5 Å². The van der Waals surface area contributed by atoms with Crippen molar-refractivity contribution in [1.29, 1.82) is 0 Å². The lowest BCUT2D eigenvalue weighted by atomic mass is 9.91. The number of rotatable bonds is 6. The van der Waals surface area contributed by atoms with E-state index in [-0.39, 0.29) is 11.9 Å². The molecule has 1 heterocycles. The van der Waals surface area contributed by atoms with Crippen molar-refractivity contribution in [3.05, 3.63) is 54.1 Å². The molecular weight excluding hydrogens is 400 g/mol. The number of hydrogen-bond donors (Lipinski definition) is 2. The van der Waals surface area contributed by atoms with Gasteiger partial charge >= 0.3 is 0 Å². The van der Waals surface area contributed by atoms with Gasteiger partial charge in [-0.05, 0) is 56.0 Å². The monoisotopic (exact) mass is 432 g/mol. The number of fused-ring (bicyclic) bond motifs is 1. The molecule has 1 aromatic heterocycles. The highest BCUT2D eigenvalue weighted by atomic mass is 16.1. The number of carbonyl (C=O) groups is 1. The Morgan fingerprint density at radius 2 is 1.59 bits per heavy atom. The molecule has 0 saturated heterocycles. The first kappa shape index (κ1) is 21.9. The lowest BCUT2D eigenvalue weighted by Crippen LogP contribution is -2.40. The first-order valence-electron chi connectivity index (χ1n) is 11.2. The van der Waals surface area contributed by atoms with E-state index in [1.165, 1.54) is 0 Å². The number of para-hydroxylation sites is 1. The SMILES string of the molecule is CN(C)c1cccc(C(=O)N[C@H]2CC[C@@H](Nc3nc(N(C)C)c4ccccc4n3)CC2)c1. The molecule has 32 heavy (non-hydrogen) atoms. The highest BCUT2D eigenvalue weighted by molar-refractivity contribution is 5.95. The second-order valence-electron chi connectivity index (χ2n) is 8.89. The van der Waals surface area contributed by atoms with Crippen LogP contribution in [0.25, 0.3) is 10.9 Å². The van der Waals surface area contributed by atoms with Gasteiger partial charge in [0.25, 0.3) is 5.91 Å². The molecule has 1 aliphatic carbocycles. The zero-order chi connectivity index (χ0) is 22.7. The zero-order valence-corrected chi connectivity index (χ0v) is 19.3. The number of carbonyl (C=O) groups excluding carboxylic acids is 1. The number of amides is 1. The number of benzene rings is 2. The van der Waals surface area contributed by atoms with E-state index in [9.17, 15) is 4.79 Å². The fourth-order valence-electron chi connectivity index (χ4n) is 4.22. The van der Waals surface area contributed by atoms with Crippen molar-refractivity contribution in [3.63, 3.8) is 0 Å². The molecular formula is C25H32N6O. The summed E-state index contributed by atoms with van der Waals surface area (Å²) in [5, 5.41) is 7.79. The van der Waals surface area contributed by atoms with Crippen molar-refractivity contribution in [1.82, 2.24) is 15.3 Å². The molecule has 0 unspecified atom stereocenters. The largest absolute Gasteiger partial charge is 0.378 e. The van der Waals surface area contributed by atoms with Crippen LogP contribution in [-0.2, 0) is 0 Å². The van der Waals surface area contributed by atoms with E-state index in [0.29, 0.717) is 17.6 Å². The van der Waals surface area contributed by atoms with Gasteiger partial charge in [0.05, 0.1) is 5.52 Å². The Hall–Kier alpha value is -3.35. The third kappa shape index (κ3) is 4.93. The number of hydrogen-bond acceptors (Lipinski definition) is 6. The minimum absolute atomic E-state index is 0.00130. The Bertz CT molecular complexity index is 1090. The minimum Gasteiger partial charge on any atom is -0.378 e. The van der Waals surface area contributed by atoms with Crippen LogP contribution >= 0.6 is 0 Å². The van der Waals surface area contributed by atoms with Crippen LogP contribution in [0.15, 0.2) is 48.5 Å². The topological polar surface area (TPSA) is 73.4 Å². The van der Waals surface area contributed by atoms with Crippen LogP contribution in [0, 0.1) is 0 Å².